The average Bonchev–Trinajstić information content (AvgIpc) is 1.91. The third-order valence-corrected chi connectivity index (χ3v) is 2.32. The molecule has 0 amide bonds. The van der Waals surface area contributed by atoms with Crippen LogP contribution in [0.15, 0.2) is 11.9 Å². The molecular formula is C5H13NO2Si. The monoisotopic (exact) mass is 147 g/mol. The summed E-state index contributed by atoms with van der Waals surface area (Å²) in [4.78, 5) is 0. The molecule has 0 unspecified atom stereocenters. The van der Waals surface area contributed by atoms with Gasteiger partial charge in [0.2, 0.25) is 0 Å². The Hall–Kier alpha value is -0.323. The molecule has 54 valence electrons. The standard InChI is InChI=1S/C5H13NO2Si/c1-6-4-5-9(7-2)8-3/h4-6,9H,1-3H3. The summed E-state index contributed by atoms with van der Waals surface area (Å²) in [6, 6.07) is 0. The summed E-state index contributed by atoms with van der Waals surface area (Å²) in [6.45, 7) is 0. The predicted octanol–water partition coefficient (Wildman–Crippen LogP) is -0.228. The molecule has 0 atom stereocenters. The summed E-state index contributed by atoms with van der Waals surface area (Å²) in [6.07, 6.45) is 1.82. The van der Waals surface area contributed by atoms with E-state index in [4.69, 9.17) is 8.85 Å². The van der Waals surface area contributed by atoms with Crippen molar-refractivity contribution in [2.75, 3.05) is 21.3 Å². The molecule has 0 aromatic heterocycles. The molecule has 0 bridgehead atoms. The first-order valence-electron chi connectivity index (χ1n) is 2.74. The van der Waals surface area contributed by atoms with Crippen LogP contribution >= 0.6 is 0 Å². The zero-order valence-corrected chi connectivity index (χ0v) is 7.20. The lowest BCUT2D eigenvalue weighted by molar-refractivity contribution is 0.290. The highest BCUT2D eigenvalue weighted by molar-refractivity contribution is 6.50. The van der Waals surface area contributed by atoms with Crippen molar-refractivity contribution in [1.29, 1.82) is 0 Å². The van der Waals surface area contributed by atoms with Crippen LogP contribution in [-0.4, -0.2) is 30.6 Å². The summed E-state index contributed by atoms with van der Waals surface area (Å²) < 4.78 is 9.98. The first-order valence-corrected chi connectivity index (χ1v) is 4.35. The molecule has 4 heteroatoms. The highest BCUT2D eigenvalue weighted by Gasteiger charge is 2.00. The molecule has 0 fully saturated rings. The van der Waals surface area contributed by atoms with E-state index in [-0.39, 0.29) is 0 Å². The highest BCUT2D eigenvalue weighted by Crippen LogP contribution is 1.84. The van der Waals surface area contributed by atoms with Crippen molar-refractivity contribution in [1.82, 2.24) is 5.32 Å². The summed E-state index contributed by atoms with van der Waals surface area (Å²) in [7, 11) is 3.69. The molecule has 9 heavy (non-hydrogen) atoms. The molecule has 0 aromatic carbocycles. The van der Waals surface area contributed by atoms with Gasteiger partial charge in [0.25, 0.3) is 0 Å². The van der Waals surface area contributed by atoms with Crippen LogP contribution in [-0.2, 0) is 8.85 Å². The Morgan fingerprint density at radius 3 is 2.22 bits per heavy atom. The second-order valence-corrected chi connectivity index (χ2v) is 3.55. The minimum atomic E-state index is -1.45. The molecule has 3 nitrogen and oxygen atoms in total. The molecule has 1 N–H and O–H groups in total. The van der Waals surface area contributed by atoms with E-state index in [1.165, 1.54) is 0 Å². The molecule has 0 aliphatic carbocycles. The Bertz CT molecular complexity index is 83.0. The smallest absolute Gasteiger partial charge is 0.349 e. The fraction of sp³-hybridized carbons (Fsp3) is 0.600. The van der Waals surface area contributed by atoms with Gasteiger partial charge in [-0.15, -0.1) is 0 Å². The van der Waals surface area contributed by atoms with Crippen molar-refractivity contribution in [3.63, 3.8) is 0 Å². The first-order chi connectivity index (χ1) is 4.35. The van der Waals surface area contributed by atoms with Gasteiger partial charge >= 0.3 is 9.28 Å². The van der Waals surface area contributed by atoms with E-state index >= 15 is 0 Å². The second kappa shape index (κ2) is 5.81. The number of rotatable bonds is 4. The molecule has 0 heterocycles. The highest BCUT2D eigenvalue weighted by atomic mass is 28.3. The topological polar surface area (TPSA) is 30.5 Å². The van der Waals surface area contributed by atoms with Crippen LogP contribution in [0, 0.1) is 0 Å². The third kappa shape index (κ3) is 4.20. The summed E-state index contributed by atoms with van der Waals surface area (Å²) in [5, 5.41) is 2.86. The number of hydrogen-bond acceptors (Lipinski definition) is 3. The van der Waals surface area contributed by atoms with Crippen molar-refractivity contribution in [2.45, 2.75) is 0 Å². The van der Waals surface area contributed by atoms with Crippen molar-refractivity contribution in [3.05, 3.63) is 11.9 Å². The van der Waals surface area contributed by atoms with E-state index in [2.05, 4.69) is 5.32 Å². The quantitative estimate of drug-likeness (QED) is 0.557. The molecule has 0 radical (unpaired) electrons. The summed E-state index contributed by atoms with van der Waals surface area (Å²) >= 11 is 0. The van der Waals surface area contributed by atoms with E-state index < -0.39 is 9.28 Å². The zero-order valence-electron chi connectivity index (χ0n) is 6.05. The van der Waals surface area contributed by atoms with Gasteiger partial charge in [-0.1, -0.05) is 0 Å². The Kier molecular flexibility index (Phi) is 5.60. The Labute approximate surface area is 57.5 Å². The van der Waals surface area contributed by atoms with Crippen LogP contribution in [0.25, 0.3) is 0 Å². The molecule has 0 spiro atoms. The largest absolute Gasteiger partial charge is 0.397 e. The second-order valence-electron chi connectivity index (χ2n) is 1.49. The van der Waals surface area contributed by atoms with Gasteiger partial charge in [0.1, 0.15) is 0 Å². The third-order valence-electron chi connectivity index (χ3n) is 0.885. The van der Waals surface area contributed by atoms with Gasteiger partial charge in [0.15, 0.2) is 0 Å². The van der Waals surface area contributed by atoms with E-state index in [1.54, 1.807) is 14.2 Å². The van der Waals surface area contributed by atoms with E-state index in [0.29, 0.717) is 0 Å². The van der Waals surface area contributed by atoms with Crippen LogP contribution < -0.4 is 5.32 Å². The summed E-state index contributed by atoms with van der Waals surface area (Å²) in [5.74, 6) is 0. The normalized spacial score (nSPS) is 11.1. The van der Waals surface area contributed by atoms with Gasteiger partial charge in [0.05, 0.1) is 0 Å². The molecule has 0 aliphatic heterocycles. The van der Waals surface area contributed by atoms with Crippen molar-refractivity contribution >= 4 is 9.28 Å². The summed E-state index contributed by atoms with van der Waals surface area (Å²) in [5.41, 5.74) is 1.92. The lowest BCUT2D eigenvalue weighted by Gasteiger charge is -2.03. The molecule has 0 aliphatic rings. The van der Waals surface area contributed by atoms with Gasteiger partial charge in [-0.25, -0.2) is 0 Å². The van der Waals surface area contributed by atoms with Crippen molar-refractivity contribution in [2.24, 2.45) is 0 Å². The van der Waals surface area contributed by atoms with Crippen LogP contribution in [0.5, 0.6) is 0 Å². The van der Waals surface area contributed by atoms with Crippen LogP contribution in [0.2, 0.25) is 0 Å². The van der Waals surface area contributed by atoms with E-state index in [9.17, 15) is 0 Å². The van der Waals surface area contributed by atoms with Crippen LogP contribution in [0.4, 0.5) is 0 Å². The Morgan fingerprint density at radius 2 is 1.89 bits per heavy atom. The fourth-order valence-electron chi connectivity index (χ4n) is 0.428. The maximum absolute atomic E-state index is 4.99. The maximum atomic E-state index is 4.99. The van der Waals surface area contributed by atoms with Gasteiger partial charge < -0.3 is 14.2 Å². The van der Waals surface area contributed by atoms with Crippen molar-refractivity contribution in [3.8, 4) is 0 Å². The number of hydrogen-bond donors (Lipinski definition) is 1. The van der Waals surface area contributed by atoms with Crippen molar-refractivity contribution < 1.29 is 8.85 Å². The predicted molar refractivity (Wildman–Crippen MR) is 39.4 cm³/mol. The minimum Gasteiger partial charge on any atom is -0.397 e. The van der Waals surface area contributed by atoms with E-state index in [0.717, 1.165) is 0 Å². The molecule has 0 rings (SSSR count). The Balaban J connectivity index is 3.41. The minimum absolute atomic E-state index is 1.45. The van der Waals surface area contributed by atoms with E-state index in [1.807, 2.05) is 18.9 Å². The number of nitrogens with one attached hydrogen (secondary N) is 1. The lowest BCUT2D eigenvalue weighted by Crippen LogP contribution is -2.16. The molecule has 0 aromatic rings. The molecule has 0 saturated carbocycles. The average molecular weight is 147 g/mol. The zero-order chi connectivity index (χ0) is 7.11. The molecule has 0 saturated heterocycles. The van der Waals surface area contributed by atoms with Crippen LogP contribution in [0.3, 0.4) is 0 Å². The lowest BCUT2D eigenvalue weighted by atomic mass is 11.0. The fourth-order valence-corrected chi connectivity index (χ4v) is 1.28. The first kappa shape index (κ1) is 8.68. The SMILES string of the molecule is CNC=C[SiH](OC)OC. The van der Waals surface area contributed by atoms with Gasteiger partial charge in [-0.2, -0.15) is 0 Å². The van der Waals surface area contributed by atoms with Gasteiger partial charge in [0, 0.05) is 21.3 Å². The van der Waals surface area contributed by atoms with Gasteiger partial charge in [-0.3, -0.25) is 0 Å². The van der Waals surface area contributed by atoms with Gasteiger partial charge in [-0.05, 0) is 11.9 Å². The maximum Gasteiger partial charge on any atom is 0.349 e. The Morgan fingerprint density at radius 1 is 1.33 bits per heavy atom. The molecular weight excluding hydrogens is 134 g/mol. The van der Waals surface area contributed by atoms with Crippen LogP contribution in [0.1, 0.15) is 0 Å².